The summed E-state index contributed by atoms with van der Waals surface area (Å²) >= 11 is -1.93. The van der Waals surface area contributed by atoms with Gasteiger partial charge in [0.05, 0.1) is 29.4 Å². The third-order valence-electron chi connectivity index (χ3n) is 4.76. The number of halogens is 3. The van der Waals surface area contributed by atoms with E-state index in [1.807, 2.05) is 17.1 Å². The van der Waals surface area contributed by atoms with Gasteiger partial charge in [0, 0.05) is 0 Å². The summed E-state index contributed by atoms with van der Waals surface area (Å²) in [4.78, 5) is 48.9. The van der Waals surface area contributed by atoms with Gasteiger partial charge in [0.25, 0.3) is 0 Å². The third kappa shape index (κ3) is 7.69. The number of hydrogen-bond donors (Lipinski definition) is 0. The summed E-state index contributed by atoms with van der Waals surface area (Å²) in [5, 5.41) is 0. The van der Waals surface area contributed by atoms with Gasteiger partial charge in [0.2, 0.25) is 0 Å². The van der Waals surface area contributed by atoms with Crippen LogP contribution in [0.1, 0.15) is 17.3 Å². The SMILES string of the molecule is COC(=O)C1=CI=C(OC(=O)C2=CI=C(OC(=O)c3ccc(OC(=O)C4=CI=C(C)C=C4)cc3)C=C2)C=C1. The van der Waals surface area contributed by atoms with Crippen LogP contribution in [0.3, 0.4) is 0 Å². The molecule has 0 amide bonds. The van der Waals surface area contributed by atoms with E-state index in [0.717, 1.165) is 0 Å². The van der Waals surface area contributed by atoms with Gasteiger partial charge in [-0.3, -0.25) is 0 Å². The van der Waals surface area contributed by atoms with E-state index in [9.17, 15) is 19.2 Å². The van der Waals surface area contributed by atoms with E-state index in [4.69, 9.17) is 14.2 Å². The molecule has 11 heteroatoms. The largest absolute Gasteiger partial charge is 0.465 e. The number of methoxy groups -OCH3 is 1. The van der Waals surface area contributed by atoms with Gasteiger partial charge in [-0.15, -0.1) is 0 Å². The van der Waals surface area contributed by atoms with Crippen molar-refractivity contribution in [2.45, 2.75) is 6.92 Å². The second-order valence-corrected chi connectivity index (χ2v) is 15.0. The number of carbonyl (C=O) groups excluding carboxylic acids is 4. The first-order valence-electron chi connectivity index (χ1n) is 10.8. The molecule has 1 aromatic carbocycles. The predicted octanol–water partition coefficient (Wildman–Crippen LogP) is 5.19. The van der Waals surface area contributed by atoms with Gasteiger partial charge >= 0.3 is 23.9 Å². The molecule has 196 valence electrons. The molecule has 8 nitrogen and oxygen atoms in total. The van der Waals surface area contributed by atoms with Crippen molar-refractivity contribution in [2.75, 3.05) is 7.11 Å². The van der Waals surface area contributed by atoms with E-state index in [1.165, 1.54) is 22.8 Å². The van der Waals surface area contributed by atoms with Crippen molar-refractivity contribution >= 4 is 97.0 Å². The van der Waals surface area contributed by atoms with Crippen molar-refractivity contribution in [3.63, 3.8) is 0 Å². The van der Waals surface area contributed by atoms with Crippen LogP contribution in [0.5, 0.6) is 5.75 Å². The molecule has 38 heavy (non-hydrogen) atoms. The topological polar surface area (TPSA) is 105 Å². The molecule has 0 saturated carbocycles. The van der Waals surface area contributed by atoms with E-state index < -0.39 is 65.3 Å². The molecular formula is C27H19I3O8. The lowest BCUT2D eigenvalue weighted by atomic mass is 10.2. The van der Waals surface area contributed by atoms with Crippen LogP contribution >= 0.6 is 62.2 Å². The smallest absolute Gasteiger partial charge is 0.344 e. The van der Waals surface area contributed by atoms with Gasteiger partial charge in [-0.05, 0) is 119 Å². The van der Waals surface area contributed by atoms with Crippen LogP contribution in [0, 0.1) is 0 Å². The van der Waals surface area contributed by atoms with Crippen molar-refractivity contribution in [1.29, 1.82) is 0 Å². The fraction of sp³-hybridized carbons (Fsp3) is 0.0741. The number of carbonyl (C=O) groups is 4. The first-order chi connectivity index (χ1) is 18.3. The Morgan fingerprint density at radius 3 is 1.58 bits per heavy atom. The van der Waals surface area contributed by atoms with Crippen molar-refractivity contribution in [1.82, 2.24) is 0 Å². The molecule has 3 aliphatic heterocycles. The number of benzene rings is 1. The summed E-state index contributed by atoms with van der Waals surface area (Å²) < 4.78 is 28.7. The number of esters is 4. The maximum Gasteiger partial charge on any atom is 0.344 e. The number of allylic oxidation sites excluding steroid dienone is 1. The first-order valence-corrected chi connectivity index (χ1v) is 17.8. The highest BCUT2D eigenvalue weighted by atomic mass is 127. The molecule has 0 unspecified atom stereocenters. The highest BCUT2D eigenvalue weighted by Gasteiger charge is 2.18. The van der Waals surface area contributed by atoms with Crippen LogP contribution in [0.25, 0.3) is 0 Å². The lowest BCUT2D eigenvalue weighted by molar-refractivity contribution is -0.135. The Balaban J connectivity index is 1.30. The molecular weight excluding hydrogens is 833 g/mol. The second kappa shape index (κ2) is 13.4. The average molecular weight is 852 g/mol. The maximum absolute atomic E-state index is 12.6. The number of ether oxygens (including phenoxy) is 4. The van der Waals surface area contributed by atoms with Crippen molar-refractivity contribution in [3.05, 3.63) is 95.3 Å². The fourth-order valence-electron chi connectivity index (χ4n) is 2.79. The van der Waals surface area contributed by atoms with Crippen LogP contribution in [0.2, 0.25) is 0 Å². The molecule has 0 bridgehead atoms. The minimum absolute atomic E-state index is 0.285. The van der Waals surface area contributed by atoms with E-state index in [1.54, 1.807) is 50.7 Å². The van der Waals surface area contributed by atoms with Gasteiger partial charge in [-0.1, -0.05) is 26.8 Å². The van der Waals surface area contributed by atoms with Crippen molar-refractivity contribution < 1.29 is 38.1 Å². The number of rotatable bonds is 7. The third-order valence-corrected chi connectivity index (χ3v) is 11.4. The highest BCUT2D eigenvalue weighted by molar-refractivity contribution is 14.2. The van der Waals surface area contributed by atoms with Gasteiger partial charge in [0.15, 0.2) is 7.39 Å². The summed E-state index contributed by atoms with van der Waals surface area (Å²) in [6, 6.07) is 6.15. The molecule has 0 fully saturated rings. The van der Waals surface area contributed by atoms with Crippen LogP contribution in [-0.4, -0.2) is 41.9 Å². The molecule has 0 atom stereocenters. The minimum Gasteiger partial charge on any atom is -0.465 e. The first kappa shape index (κ1) is 28.4. The molecule has 0 radical (unpaired) electrons. The summed E-state index contributed by atoms with van der Waals surface area (Å²) in [6.45, 7) is 2.03. The van der Waals surface area contributed by atoms with Gasteiger partial charge in [-0.2, -0.15) is 0 Å². The molecule has 0 aliphatic carbocycles. The van der Waals surface area contributed by atoms with Crippen molar-refractivity contribution in [3.8, 4) is 5.75 Å². The van der Waals surface area contributed by atoms with E-state index in [-0.39, 0.29) is 20.7 Å². The second-order valence-electron chi connectivity index (χ2n) is 7.40. The maximum atomic E-state index is 12.6. The quantitative estimate of drug-likeness (QED) is 0.160. The molecule has 0 N–H and O–H groups in total. The minimum atomic E-state index is -0.872. The molecule has 0 saturated heterocycles. The fourth-order valence-corrected chi connectivity index (χ4v) is 8.11. The lowest BCUT2D eigenvalue weighted by Gasteiger charge is -2.10. The van der Waals surface area contributed by atoms with Gasteiger partial charge in [-0.25, -0.2) is 19.2 Å². The van der Waals surface area contributed by atoms with E-state index in [2.05, 4.69) is 4.74 Å². The van der Waals surface area contributed by atoms with Crippen LogP contribution in [-0.2, 0) is 28.6 Å². The highest BCUT2D eigenvalue weighted by Crippen LogP contribution is 2.23. The average Bonchev–Trinajstić information content (AvgIpc) is 2.94. The summed E-state index contributed by atoms with van der Waals surface area (Å²) in [6.07, 6.45) is 9.99. The molecule has 3 aliphatic rings. The summed E-state index contributed by atoms with van der Waals surface area (Å²) in [5.74, 6) is -1.57. The Bertz CT molecular complexity index is 1480. The molecule has 4 rings (SSSR count). The monoisotopic (exact) mass is 852 g/mol. The summed E-state index contributed by atoms with van der Waals surface area (Å²) in [5.41, 5.74) is 1.67. The Morgan fingerprint density at radius 1 is 0.579 bits per heavy atom. The molecule has 1 aromatic rings. The Hall–Kier alpha value is -2.66. The zero-order valence-electron chi connectivity index (χ0n) is 19.9. The zero-order chi connectivity index (χ0) is 27.1. The van der Waals surface area contributed by atoms with Crippen LogP contribution in [0.4, 0.5) is 0 Å². The number of hydrogen-bond acceptors (Lipinski definition) is 8. The molecule has 3 heterocycles. The predicted molar refractivity (Wildman–Crippen MR) is 170 cm³/mol. The van der Waals surface area contributed by atoms with E-state index in [0.29, 0.717) is 35.4 Å². The van der Waals surface area contributed by atoms with Crippen LogP contribution in [0.15, 0.2) is 89.7 Å². The molecule has 0 aromatic heterocycles. The summed E-state index contributed by atoms with van der Waals surface area (Å²) in [7, 11) is 1.31. The zero-order valence-corrected chi connectivity index (χ0v) is 26.4. The van der Waals surface area contributed by atoms with Gasteiger partial charge in [0.1, 0.15) is 5.75 Å². The Morgan fingerprint density at radius 2 is 1.08 bits per heavy atom. The van der Waals surface area contributed by atoms with Gasteiger partial charge < -0.3 is 18.9 Å². The Labute approximate surface area is 248 Å². The van der Waals surface area contributed by atoms with Crippen molar-refractivity contribution in [2.24, 2.45) is 0 Å². The molecule has 0 spiro atoms. The lowest BCUT2D eigenvalue weighted by Crippen LogP contribution is -2.14. The Kier molecular flexibility index (Phi) is 10.0. The van der Waals surface area contributed by atoms with Crippen LogP contribution < -0.4 is 4.74 Å². The van der Waals surface area contributed by atoms with E-state index >= 15 is 0 Å². The normalized spacial score (nSPS) is 16.3. The standard InChI is InChI=1S/C27H19I3O8/c1-16-3-4-19(13-28-16)26(33)36-21-9-5-17(6-10-21)25(32)37-22-12-8-20(15-30-22)27(34)38-23-11-7-18(14-29-23)24(31)35-2/h3-15H,1-2H3.